The highest BCUT2D eigenvalue weighted by Gasteiger charge is 2.15. The molecule has 0 fully saturated rings. The maximum atomic E-state index is 6.16. The van der Waals surface area contributed by atoms with Crippen LogP contribution < -0.4 is 5.32 Å². The molecule has 0 aliphatic carbocycles. The lowest BCUT2D eigenvalue weighted by Crippen LogP contribution is -2.23. The Hall–Kier alpha value is -1.02. The minimum atomic E-state index is 0.240. The number of nitrogens with one attached hydrogen (secondary N) is 1. The molecule has 2 aromatic carbocycles. The van der Waals surface area contributed by atoms with Crippen molar-refractivity contribution < 1.29 is 0 Å². The molecule has 0 saturated carbocycles. The van der Waals surface area contributed by atoms with E-state index in [1.807, 2.05) is 12.1 Å². The van der Waals surface area contributed by atoms with Gasteiger partial charge >= 0.3 is 0 Å². The number of halogens is 2. The Morgan fingerprint density at radius 3 is 2.24 bits per heavy atom. The number of hydrogen-bond donors (Lipinski definition) is 1. The zero-order valence-electron chi connectivity index (χ0n) is 12.7. The molecular formula is C18H21Cl2N. The Bertz CT molecular complexity index is 602. The minimum Gasteiger partial charge on any atom is -0.310 e. The lowest BCUT2D eigenvalue weighted by molar-refractivity contribution is 0.547. The van der Waals surface area contributed by atoms with Gasteiger partial charge in [-0.25, -0.2) is 0 Å². The van der Waals surface area contributed by atoms with Crippen LogP contribution in [0.25, 0.3) is 0 Å². The highest BCUT2D eigenvalue weighted by Crippen LogP contribution is 2.28. The van der Waals surface area contributed by atoms with Crippen LogP contribution in [0.5, 0.6) is 0 Å². The Morgan fingerprint density at radius 1 is 1.00 bits per heavy atom. The molecule has 1 atom stereocenters. The van der Waals surface area contributed by atoms with Gasteiger partial charge in [0.1, 0.15) is 0 Å². The number of hydrogen-bond acceptors (Lipinski definition) is 1. The molecule has 2 aromatic rings. The molecule has 0 spiro atoms. The number of likely N-dealkylation sites (N-methyl/N-ethyl adjacent to an activating group) is 1. The van der Waals surface area contributed by atoms with Crippen LogP contribution in [0.3, 0.4) is 0 Å². The van der Waals surface area contributed by atoms with Gasteiger partial charge in [0, 0.05) is 6.04 Å². The van der Waals surface area contributed by atoms with Gasteiger partial charge < -0.3 is 5.32 Å². The van der Waals surface area contributed by atoms with Gasteiger partial charge in [0.05, 0.1) is 10.0 Å². The summed E-state index contributed by atoms with van der Waals surface area (Å²) in [5.74, 6) is 0. The van der Waals surface area contributed by atoms with Crippen molar-refractivity contribution in [1.82, 2.24) is 5.32 Å². The fourth-order valence-corrected chi connectivity index (χ4v) is 2.97. The zero-order chi connectivity index (χ0) is 15.4. The average Bonchev–Trinajstić information content (AvgIpc) is 2.45. The Balaban J connectivity index is 2.33. The Kier molecular flexibility index (Phi) is 5.69. The second kappa shape index (κ2) is 7.31. The van der Waals surface area contributed by atoms with Crippen LogP contribution in [0.2, 0.25) is 10.0 Å². The number of rotatable bonds is 5. The molecule has 0 amide bonds. The quantitative estimate of drug-likeness (QED) is 0.766. The molecule has 112 valence electrons. The van der Waals surface area contributed by atoms with Gasteiger partial charge in [-0.1, -0.05) is 54.4 Å². The maximum Gasteiger partial charge on any atom is 0.0595 e. The van der Waals surface area contributed by atoms with Gasteiger partial charge in [-0.05, 0) is 61.2 Å². The van der Waals surface area contributed by atoms with Crippen molar-refractivity contribution in [3.05, 3.63) is 68.7 Å². The maximum absolute atomic E-state index is 6.16. The molecule has 0 aliphatic rings. The van der Waals surface area contributed by atoms with E-state index >= 15 is 0 Å². The first kappa shape index (κ1) is 16.4. The molecule has 1 nitrogen and oxygen atoms in total. The van der Waals surface area contributed by atoms with Crippen LogP contribution in [0.15, 0.2) is 36.4 Å². The van der Waals surface area contributed by atoms with Crippen LogP contribution in [-0.4, -0.2) is 6.54 Å². The van der Waals surface area contributed by atoms with Crippen molar-refractivity contribution in [1.29, 1.82) is 0 Å². The SMILES string of the molecule is CCNC(Cc1c(C)cccc1C)c1ccc(Cl)c(Cl)c1. The van der Waals surface area contributed by atoms with Crippen molar-refractivity contribution in [3.63, 3.8) is 0 Å². The molecule has 0 bridgehead atoms. The molecule has 1 unspecified atom stereocenters. The minimum absolute atomic E-state index is 0.240. The second-order valence-corrected chi connectivity index (χ2v) is 6.17. The summed E-state index contributed by atoms with van der Waals surface area (Å²) < 4.78 is 0. The van der Waals surface area contributed by atoms with Gasteiger partial charge in [-0.15, -0.1) is 0 Å². The fourth-order valence-electron chi connectivity index (χ4n) is 2.66. The van der Waals surface area contributed by atoms with Gasteiger partial charge in [0.15, 0.2) is 0 Å². The van der Waals surface area contributed by atoms with Crippen molar-refractivity contribution in [2.45, 2.75) is 33.2 Å². The molecule has 0 heterocycles. The largest absolute Gasteiger partial charge is 0.310 e. The van der Waals surface area contributed by atoms with Crippen molar-refractivity contribution in [2.24, 2.45) is 0 Å². The van der Waals surface area contributed by atoms with Crippen molar-refractivity contribution in [3.8, 4) is 0 Å². The third kappa shape index (κ3) is 4.00. The Morgan fingerprint density at radius 2 is 1.67 bits per heavy atom. The summed E-state index contributed by atoms with van der Waals surface area (Å²) in [7, 11) is 0. The van der Waals surface area contributed by atoms with E-state index in [2.05, 4.69) is 50.4 Å². The third-order valence-electron chi connectivity index (χ3n) is 3.85. The number of aryl methyl sites for hydroxylation is 2. The lowest BCUT2D eigenvalue weighted by atomic mass is 9.93. The second-order valence-electron chi connectivity index (χ2n) is 5.36. The highest BCUT2D eigenvalue weighted by molar-refractivity contribution is 6.42. The van der Waals surface area contributed by atoms with Gasteiger partial charge in [-0.3, -0.25) is 0 Å². The van der Waals surface area contributed by atoms with Crippen LogP contribution in [-0.2, 0) is 6.42 Å². The zero-order valence-corrected chi connectivity index (χ0v) is 14.2. The van der Waals surface area contributed by atoms with E-state index in [-0.39, 0.29) is 6.04 Å². The van der Waals surface area contributed by atoms with E-state index in [1.165, 1.54) is 22.3 Å². The molecular weight excluding hydrogens is 301 g/mol. The van der Waals surface area contributed by atoms with Gasteiger partial charge in [0.25, 0.3) is 0 Å². The first-order chi connectivity index (χ1) is 10.0. The summed E-state index contributed by atoms with van der Waals surface area (Å²) >= 11 is 12.2. The third-order valence-corrected chi connectivity index (χ3v) is 4.59. The van der Waals surface area contributed by atoms with Crippen LogP contribution >= 0.6 is 23.2 Å². The first-order valence-corrected chi connectivity index (χ1v) is 8.02. The topological polar surface area (TPSA) is 12.0 Å². The normalized spacial score (nSPS) is 12.4. The van der Waals surface area contributed by atoms with E-state index in [4.69, 9.17) is 23.2 Å². The van der Waals surface area contributed by atoms with E-state index in [9.17, 15) is 0 Å². The van der Waals surface area contributed by atoms with Crippen molar-refractivity contribution in [2.75, 3.05) is 6.54 Å². The molecule has 1 N–H and O–H groups in total. The number of benzene rings is 2. The molecule has 0 aromatic heterocycles. The van der Waals surface area contributed by atoms with E-state index in [1.54, 1.807) is 0 Å². The van der Waals surface area contributed by atoms with Crippen LogP contribution in [0.4, 0.5) is 0 Å². The summed E-state index contributed by atoms with van der Waals surface area (Å²) in [5.41, 5.74) is 5.24. The highest BCUT2D eigenvalue weighted by atomic mass is 35.5. The summed E-state index contributed by atoms with van der Waals surface area (Å²) in [4.78, 5) is 0. The fraction of sp³-hybridized carbons (Fsp3) is 0.333. The summed E-state index contributed by atoms with van der Waals surface area (Å²) in [5, 5.41) is 4.76. The van der Waals surface area contributed by atoms with Crippen molar-refractivity contribution >= 4 is 23.2 Å². The van der Waals surface area contributed by atoms with E-state index in [0.29, 0.717) is 10.0 Å². The van der Waals surface area contributed by atoms with E-state index < -0.39 is 0 Å². The average molecular weight is 322 g/mol. The van der Waals surface area contributed by atoms with E-state index in [0.717, 1.165) is 13.0 Å². The summed E-state index contributed by atoms with van der Waals surface area (Å²) in [6.07, 6.45) is 0.949. The van der Waals surface area contributed by atoms with Crippen LogP contribution in [0, 0.1) is 13.8 Å². The summed E-state index contributed by atoms with van der Waals surface area (Å²) in [6.45, 7) is 7.37. The smallest absolute Gasteiger partial charge is 0.0595 e. The molecule has 2 rings (SSSR count). The Labute approximate surface area is 137 Å². The van der Waals surface area contributed by atoms with Gasteiger partial charge in [0.2, 0.25) is 0 Å². The van der Waals surface area contributed by atoms with Gasteiger partial charge in [-0.2, -0.15) is 0 Å². The standard InChI is InChI=1S/C18H21Cl2N/c1-4-21-18(14-8-9-16(19)17(20)10-14)11-15-12(2)6-5-7-13(15)3/h5-10,18,21H,4,11H2,1-3H3. The molecule has 21 heavy (non-hydrogen) atoms. The molecule has 0 aliphatic heterocycles. The lowest BCUT2D eigenvalue weighted by Gasteiger charge is -2.21. The summed E-state index contributed by atoms with van der Waals surface area (Å²) in [6, 6.07) is 12.6. The predicted molar refractivity (Wildman–Crippen MR) is 92.5 cm³/mol. The molecule has 3 heteroatoms. The predicted octanol–water partition coefficient (Wildman–Crippen LogP) is 5.50. The molecule has 0 radical (unpaired) electrons. The first-order valence-electron chi connectivity index (χ1n) is 7.26. The molecule has 0 saturated heterocycles. The van der Waals surface area contributed by atoms with Crippen LogP contribution in [0.1, 0.15) is 35.2 Å². The monoisotopic (exact) mass is 321 g/mol.